The lowest BCUT2D eigenvalue weighted by Crippen LogP contribution is -2.33. The Morgan fingerprint density at radius 2 is 2.00 bits per heavy atom. The number of aromatic nitrogens is 2. The first-order valence-electron chi connectivity index (χ1n) is 7.17. The van der Waals surface area contributed by atoms with Crippen LogP contribution in [0.1, 0.15) is 52.9 Å². The van der Waals surface area contributed by atoms with Crippen molar-refractivity contribution in [2.45, 2.75) is 61.1 Å². The van der Waals surface area contributed by atoms with Gasteiger partial charge in [-0.25, -0.2) is 0 Å². The molecule has 0 unspecified atom stereocenters. The minimum absolute atomic E-state index is 0.338. The van der Waals surface area contributed by atoms with Gasteiger partial charge < -0.3 is 5.32 Å². The summed E-state index contributed by atoms with van der Waals surface area (Å²) in [4.78, 5) is 0. The van der Waals surface area contributed by atoms with Crippen LogP contribution in [-0.4, -0.2) is 16.3 Å². The van der Waals surface area contributed by atoms with Crippen LogP contribution in [0.25, 0.3) is 0 Å². The second kappa shape index (κ2) is 6.37. The van der Waals surface area contributed by atoms with Crippen molar-refractivity contribution in [2.24, 2.45) is 11.3 Å². The van der Waals surface area contributed by atoms with E-state index in [0.717, 1.165) is 26.1 Å². The summed E-state index contributed by atoms with van der Waals surface area (Å²) in [7, 11) is 0. The third-order valence-corrected chi connectivity index (χ3v) is 4.03. The molecule has 0 aliphatic rings. The molecule has 0 radical (unpaired) electrons. The van der Waals surface area contributed by atoms with Gasteiger partial charge in [-0.05, 0) is 30.7 Å². The lowest BCUT2D eigenvalue weighted by molar-refractivity contribution is 0.237. The Labute approximate surface area is 112 Å². The molecule has 0 spiro atoms. The lowest BCUT2D eigenvalue weighted by atomic mass is 9.81. The van der Waals surface area contributed by atoms with E-state index in [0.29, 0.717) is 11.3 Å². The number of nitrogens with zero attached hydrogens (tertiary/aromatic N) is 2. The quantitative estimate of drug-likeness (QED) is 0.806. The summed E-state index contributed by atoms with van der Waals surface area (Å²) in [6, 6.07) is 2.22. The van der Waals surface area contributed by atoms with Gasteiger partial charge in [0.1, 0.15) is 0 Å². The van der Waals surface area contributed by atoms with E-state index in [-0.39, 0.29) is 0 Å². The van der Waals surface area contributed by atoms with Gasteiger partial charge in [-0.1, -0.05) is 34.6 Å². The van der Waals surface area contributed by atoms with Crippen molar-refractivity contribution >= 4 is 0 Å². The maximum atomic E-state index is 4.57. The first-order chi connectivity index (χ1) is 8.40. The summed E-state index contributed by atoms with van der Waals surface area (Å²) in [5.74, 6) is 0.687. The second-order valence-corrected chi connectivity index (χ2v) is 6.04. The Morgan fingerprint density at radius 3 is 2.50 bits per heavy atom. The van der Waals surface area contributed by atoms with Crippen molar-refractivity contribution in [3.63, 3.8) is 0 Å². The predicted octanol–water partition coefficient (Wildman–Crippen LogP) is 3.24. The standard InChI is InChI=1S/C15H29N3/c1-7-13-9-14(18(8-2)17-13)10-16-11-15(5,6)12(3)4/h9,12,16H,7-8,10-11H2,1-6H3. The second-order valence-electron chi connectivity index (χ2n) is 6.04. The molecule has 18 heavy (non-hydrogen) atoms. The summed E-state index contributed by atoms with van der Waals surface area (Å²) in [6.07, 6.45) is 1.01. The lowest BCUT2D eigenvalue weighted by Gasteiger charge is -2.29. The molecule has 1 N–H and O–H groups in total. The van der Waals surface area contributed by atoms with Crippen molar-refractivity contribution in [3.8, 4) is 0 Å². The molecule has 0 bridgehead atoms. The van der Waals surface area contributed by atoms with Crippen molar-refractivity contribution in [3.05, 3.63) is 17.5 Å². The Kier molecular flexibility index (Phi) is 5.39. The summed E-state index contributed by atoms with van der Waals surface area (Å²) < 4.78 is 2.11. The predicted molar refractivity (Wildman–Crippen MR) is 77.6 cm³/mol. The van der Waals surface area contributed by atoms with Crippen molar-refractivity contribution in [1.29, 1.82) is 0 Å². The van der Waals surface area contributed by atoms with E-state index in [2.05, 4.69) is 62.7 Å². The zero-order chi connectivity index (χ0) is 13.8. The Balaban J connectivity index is 2.56. The summed E-state index contributed by atoms with van der Waals surface area (Å²) in [5, 5.41) is 8.15. The van der Waals surface area contributed by atoms with E-state index < -0.39 is 0 Å². The fourth-order valence-corrected chi connectivity index (χ4v) is 1.82. The van der Waals surface area contributed by atoms with E-state index >= 15 is 0 Å². The minimum Gasteiger partial charge on any atom is -0.311 e. The molecule has 1 rings (SSSR count). The maximum absolute atomic E-state index is 4.57. The molecule has 0 fully saturated rings. The minimum atomic E-state index is 0.338. The third-order valence-electron chi connectivity index (χ3n) is 4.03. The van der Waals surface area contributed by atoms with Crippen LogP contribution in [0.4, 0.5) is 0 Å². The Hall–Kier alpha value is -0.830. The topological polar surface area (TPSA) is 29.9 Å². The fourth-order valence-electron chi connectivity index (χ4n) is 1.82. The van der Waals surface area contributed by atoms with E-state index in [1.807, 2.05) is 0 Å². The molecule has 0 aliphatic carbocycles. The molecular formula is C15H29N3. The molecule has 0 saturated heterocycles. The Morgan fingerprint density at radius 1 is 1.33 bits per heavy atom. The highest BCUT2D eigenvalue weighted by atomic mass is 15.3. The largest absolute Gasteiger partial charge is 0.311 e. The SMILES string of the molecule is CCc1cc(CNCC(C)(C)C(C)C)n(CC)n1. The van der Waals surface area contributed by atoms with Crippen molar-refractivity contribution < 1.29 is 0 Å². The number of nitrogens with one attached hydrogen (secondary N) is 1. The van der Waals surface area contributed by atoms with Gasteiger partial charge in [0.25, 0.3) is 0 Å². The molecule has 0 atom stereocenters. The zero-order valence-electron chi connectivity index (χ0n) is 12.9. The highest BCUT2D eigenvalue weighted by Gasteiger charge is 2.21. The van der Waals surface area contributed by atoms with E-state index in [1.54, 1.807) is 0 Å². The average molecular weight is 251 g/mol. The molecule has 0 amide bonds. The average Bonchev–Trinajstić information content (AvgIpc) is 2.71. The first kappa shape index (κ1) is 15.2. The van der Waals surface area contributed by atoms with Gasteiger partial charge in [-0.15, -0.1) is 0 Å². The molecule has 1 aromatic heterocycles. The molecule has 0 aromatic carbocycles. The van der Waals surface area contributed by atoms with Gasteiger partial charge in [-0.2, -0.15) is 5.10 Å². The van der Waals surface area contributed by atoms with Crippen LogP contribution in [-0.2, 0) is 19.5 Å². The third kappa shape index (κ3) is 3.84. The molecule has 1 heterocycles. The van der Waals surface area contributed by atoms with E-state index in [4.69, 9.17) is 0 Å². The van der Waals surface area contributed by atoms with Gasteiger partial charge in [0.2, 0.25) is 0 Å². The molecule has 0 saturated carbocycles. The highest BCUT2D eigenvalue weighted by molar-refractivity contribution is 5.10. The molecular weight excluding hydrogens is 222 g/mol. The van der Waals surface area contributed by atoms with Crippen molar-refractivity contribution in [1.82, 2.24) is 15.1 Å². The van der Waals surface area contributed by atoms with Crippen LogP contribution in [0, 0.1) is 11.3 Å². The van der Waals surface area contributed by atoms with Crippen LogP contribution in [0.15, 0.2) is 6.07 Å². The summed E-state index contributed by atoms with van der Waals surface area (Å²) >= 11 is 0. The monoisotopic (exact) mass is 251 g/mol. The number of aryl methyl sites for hydroxylation is 2. The Bertz CT molecular complexity index is 364. The smallest absolute Gasteiger partial charge is 0.0625 e. The molecule has 104 valence electrons. The molecule has 3 nitrogen and oxygen atoms in total. The van der Waals surface area contributed by atoms with Gasteiger partial charge in [0, 0.05) is 19.6 Å². The molecule has 3 heteroatoms. The van der Waals surface area contributed by atoms with Crippen LogP contribution in [0.2, 0.25) is 0 Å². The van der Waals surface area contributed by atoms with Gasteiger partial charge in [0.15, 0.2) is 0 Å². The number of hydrogen-bond donors (Lipinski definition) is 1. The number of rotatable bonds is 7. The van der Waals surface area contributed by atoms with Crippen LogP contribution in [0.3, 0.4) is 0 Å². The van der Waals surface area contributed by atoms with Gasteiger partial charge in [-0.3, -0.25) is 4.68 Å². The van der Waals surface area contributed by atoms with Crippen LogP contribution in [0.5, 0.6) is 0 Å². The zero-order valence-corrected chi connectivity index (χ0v) is 12.9. The summed E-state index contributed by atoms with van der Waals surface area (Å²) in [5.41, 5.74) is 2.83. The van der Waals surface area contributed by atoms with Gasteiger partial charge >= 0.3 is 0 Å². The fraction of sp³-hybridized carbons (Fsp3) is 0.800. The summed E-state index contributed by atoms with van der Waals surface area (Å²) in [6.45, 7) is 16.4. The normalized spacial score (nSPS) is 12.4. The van der Waals surface area contributed by atoms with Crippen LogP contribution < -0.4 is 5.32 Å². The highest BCUT2D eigenvalue weighted by Crippen LogP contribution is 2.24. The van der Waals surface area contributed by atoms with E-state index in [9.17, 15) is 0 Å². The van der Waals surface area contributed by atoms with Crippen LogP contribution >= 0.6 is 0 Å². The maximum Gasteiger partial charge on any atom is 0.0625 e. The number of hydrogen-bond acceptors (Lipinski definition) is 2. The van der Waals surface area contributed by atoms with E-state index in [1.165, 1.54) is 11.4 Å². The van der Waals surface area contributed by atoms with Crippen molar-refractivity contribution in [2.75, 3.05) is 6.54 Å². The molecule has 1 aromatic rings. The molecule has 0 aliphatic heterocycles. The van der Waals surface area contributed by atoms with Gasteiger partial charge in [0.05, 0.1) is 11.4 Å². The first-order valence-corrected chi connectivity index (χ1v) is 7.17.